The summed E-state index contributed by atoms with van der Waals surface area (Å²) in [4.78, 5) is 0. The minimum Gasteiger partial charge on any atom is -0.390 e. The summed E-state index contributed by atoms with van der Waals surface area (Å²) in [5, 5.41) is 8.89. The first-order valence-electron chi connectivity index (χ1n) is 2.93. The van der Waals surface area contributed by atoms with Gasteiger partial charge in [-0.05, 0) is 6.42 Å². The molecule has 0 aromatic carbocycles. The van der Waals surface area contributed by atoms with Crippen LogP contribution in [0.1, 0.15) is 6.42 Å². The summed E-state index contributed by atoms with van der Waals surface area (Å²) in [6.45, 7) is 1.16. The van der Waals surface area contributed by atoms with Crippen molar-refractivity contribution in [2.45, 2.75) is 18.7 Å². The van der Waals surface area contributed by atoms with Crippen LogP contribution in [0.4, 0.5) is 4.39 Å². The van der Waals surface area contributed by atoms with Gasteiger partial charge in [0.05, 0.1) is 6.10 Å². The quantitative estimate of drug-likeness (QED) is 0.502. The molecular formula is C5H9FINO. The van der Waals surface area contributed by atoms with Crippen molar-refractivity contribution in [3.8, 4) is 0 Å². The summed E-state index contributed by atoms with van der Waals surface area (Å²) >= 11 is 2.06. The molecule has 1 aliphatic rings. The molecule has 0 spiro atoms. The van der Waals surface area contributed by atoms with Crippen LogP contribution in [0.2, 0.25) is 0 Å². The highest BCUT2D eigenvalue weighted by atomic mass is 127. The maximum Gasteiger partial charge on any atom is 0.139 e. The van der Waals surface area contributed by atoms with Crippen molar-refractivity contribution in [1.29, 1.82) is 0 Å². The molecule has 1 heterocycles. The van der Waals surface area contributed by atoms with E-state index in [0.717, 1.165) is 6.54 Å². The van der Waals surface area contributed by atoms with Crippen molar-refractivity contribution in [1.82, 2.24) is 3.11 Å². The molecule has 2 unspecified atom stereocenters. The van der Waals surface area contributed by atoms with E-state index in [4.69, 9.17) is 5.11 Å². The molecule has 4 heteroatoms. The number of halogens is 2. The summed E-state index contributed by atoms with van der Waals surface area (Å²) < 4.78 is 14.4. The zero-order valence-corrected chi connectivity index (χ0v) is 7.08. The molecule has 0 aromatic rings. The van der Waals surface area contributed by atoms with E-state index in [2.05, 4.69) is 22.9 Å². The van der Waals surface area contributed by atoms with Crippen molar-refractivity contribution in [2.75, 3.05) is 13.1 Å². The minimum atomic E-state index is -1.05. The summed E-state index contributed by atoms with van der Waals surface area (Å²) in [5.41, 5.74) is 0. The van der Waals surface area contributed by atoms with Crippen molar-refractivity contribution >= 4 is 22.9 Å². The molecule has 1 aliphatic heterocycles. The van der Waals surface area contributed by atoms with Gasteiger partial charge in [0.15, 0.2) is 0 Å². The van der Waals surface area contributed by atoms with Crippen LogP contribution in [-0.4, -0.2) is 33.6 Å². The van der Waals surface area contributed by atoms with Crippen LogP contribution in [0.3, 0.4) is 0 Å². The number of hydrogen-bond acceptors (Lipinski definition) is 2. The zero-order valence-electron chi connectivity index (χ0n) is 4.93. The van der Waals surface area contributed by atoms with Gasteiger partial charge >= 0.3 is 0 Å². The van der Waals surface area contributed by atoms with E-state index in [-0.39, 0.29) is 0 Å². The number of alkyl halides is 1. The maximum atomic E-state index is 12.5. The molecule has 2 atom stereocenters. The van der Waals surface area contributed by atoms with E-state index in [9.17, 15) is 4.39 Å². The van der Waals surface area contributed by atoms with E-state index < -0.39 is 12.3 Å². The van der Waals surface area contributed by atoms with Crippen molar-refractivity contribution < 1.29 is 9.50 Å². The average Bonchev–Trinajstić information content (AvgIpc) is 1.80. The normalized spacial score (nSPS) is 39.0. The lowest BCUT2D eigenvalue weighted by molar-refractivity contribution is 0.0369. The standard InChI is InChI=1S/C5H9FINO/c6-4-3-8(7)2-1-5(4)9/h4-5,9H,1-3H2. The second-order valence-electron chi connectivity index (χ2n) is 2.24. The molecule has 1 saturated heterocycles. The third-order valence-corrected chi connectivity index (χ3v) is 2.33. The molecule has 2 nitrogen and oxygen atoms in total. The first-order chi connectivity index (χ1) is 4.20. The van der Waals surface area contributed by atoms with Gasteiger partial charge in [0.25, 0.3) is 0 Å². The average molecular weight is 245 g/mol. The van der Waals surface area contributed by atoms with Gasteiger partial charge in [0.1, 0.15) is 6.17 Å². The lowest BCUT2D eigenvalue weighted by Crippen LogP contribution is -2.39. The van der Waals surface area contributed by atoms with Crippen molar-refractivity contribution in [3.63, 3.8) is 0 Å². The van der Waals surface area contributed by atoms with Gasteiger partial charge in [-0.2, -0.15) is 0 Å². The van der Waals surface area contributed by atoms with Crippen LogP contribution in [0.5, 0.6) is 0 Å². The molecule has 1 rings (SSSR count). The molecule has 0 saturated carbocycles. The summed E-state index contributed by atoms with van der Waals surface area (Å²) in [6, 6.07) is 0. The van der Waals surface area contributed by atoms with Crippen LogP contribution >= 0.6 is 22.9 Å². The number of nitrogens with zero attached hydrogens (tertiary/aromatic N) is 1. The first-order valence-corrected chi connectivity index (χ1v) is 3.89. The van der Waals surface area contributed by atoms with Gasteiger partial charge in [-0.15, -0.1) is 0 Å². The number of aliphatic hydroxyl groups excluding tert-OH is 1. The fourth-order valence-electron chi connectivity index (χ4n) is 0.855. The Morgan fingerprint density at radius 1 is 1.67 bits per heavy atom. The number of rotatable bonds is 0. The second kappa shape index (κ2) is 3.12. The Hall–Kier alpha value is 0.580. The summed E-state index contributed by atoms with van der Waals surface area (Å²) in [5.74, 6) is 0. The fraction of sp³-hybridized carbons (Fsp3) is 1.00. The summed E-state index contributed by atoms with van der Waals surface area (Å²) in [7, 11) is 0. The number of aliphatic hydroxyl groups is 1. The molecule has 0 radical (unpaired) electrons. The molecular weight excluding hydrogens is 236 g/mol. The molecule has 54 valence electrons. The fourth-order valence-corrected chi connectivity index (χ4v) is 1.51. The SMILES string of the molecule is OC1CCN(I)CC1F. The van der Waals surface area contributed by atoms with Crippen molar-refractivity contribution in [3.05, 3.63) is 0 Å². The van der Waals surface area contributed by atoms with E-state index in [1.807, 2.05) is 3.11 Å². The smallest absolute Gasteiger partial charge is 0.139 e. The van der Waals surface area contributed by atoms with Crippen LogP contribution in [0.25, 0.3) is 0 Å². The Kier molecular flexibility index (Phi) is 2.66. The Bertz CT molecular complexity index is 103. The Balaban J connectivity index is 2.35. The maximum absolute atomic E-state index is 12.5. The molecule has 1 N–H and O–H groups in total. The van der Waals surface area contributed by atoms with Crippen LogP contribution in [-0.2, 0) is 0 Å². The number of hydrogen-bond donors (Lipinski definition) is 1. The Morgan fingerprint density at radius 3 is 2.78 bits per heavy atom. The zero-order chi connectivity index (χ0) is 6.85. The molecule has 9 heavy (non-hydrogen) atoms. The highest BCUT2D eigenvalue weighted by Crippen LogP contribution is 2.16. The predicted molar refractivity (Wildman–Crippen MR) is 41.1 cm³/mol. The lowest BCUT2D eigenvalue weighted by atomic mass is 10.1. The van der Waals surface area contributed by atoms with Crippen molar-refractivity contribution in [2.24, 2.45) is 0 Å². The topological polar surface area (TPSA) is 23.5 Å². The van der Waals surface area contributed by atoms with Gasteiger partial charge in [0, 0.05) is 36.0 Å². The highest BCUT2D eigenvalue weighted by molar-refractivity contribution is 14.1. The molecule has 1 fully saturated rings. The molecule has 0 amide bonds. The van der Waals surface area contributed by atoms with Crippen LogP contribution in [0, 0.1) is 0 Å². The van der Waals surface area contributed by atoms with Crippen LogP contribution < -0.4 is 0 Å². The van der Waals surface area contributed by atoms with E-state index in [1.165, 1.54) is 0 Å². The molecule has 0 aromatic heterocycles. The predicted octanol–water partition coefficient (Wildman–Crippen LogP) is 0.741. The third kappa shape index (κ3) is 2.01. The van der Waals surface area contributed by atoms with E-state index in [1.54, 1.807) is 0 Å². The van der Waals surface area contributed by atoms with Gasteiger partial charge in [-0.25, -0.2) is 7.50 Å². The largest absolute Gasteiger partial charge is 0.390 e. The first kappa shape index (κ1) is 7.68. The molecule has 0 bridgehead atoms. The second-order valence-corrected chi connectivity index (χ2v) is 3.61. The van der Waals surface area contributed by atoms with E-state index in [0.29, 0.717) is 13.0 Å². The van der Waals surface area contributed by atoms with Gasteiger partial charge in [-0.1, -0.05) is 0 Å². The minimum absolute atomic E-state index is 0.363. The van der Waals surface area contributed by atoms with Gasteiger partial charge in [0.2, 0.25) is 0 Å². The highest BCUT2D eigenvalue weighted by Gasteiger charge is 2.25. The Labute approximate surface area is 67.5 Å². The lowest BCUT2D eigenvalue weighted by Gasteiger charge is -2.27. The third-order valence-electron chi connectivity index (χ3n) is 1.46. The Morgan fingerprint density at radius 2 is 2.33 bits per heavy atom. The summed E-state index contributed by atoms with van der Waals surface area (Å²) in [6.07, 6.45) is -1.21. The van der Waals surface area contributed by atoms with Gasteiger partial charge < -0.3 is 5.11 Å². The monoisotopic (exact) mass is 245 g/mol. The number of piperidine rings is 1. The van der Waals surface area contributed by atoms with E-state index >= 15 is 0 Å². The van der Waals surface area contributed by atoms with Gasteiger partial charge in [-0.3, -0.25) is 0 Å². The molecule has 0 aliphatic carbocycles. The van der Waals surface area contributed by atoms with Crippen LogP contribution in [0.15, 0.2) is 0 Å².